The smallest absolute Gasteiger partial charge is 0.226 e. The summed E-state index contributed by atoms with van der Waals surface area (Å²) in [6.07, 6.45) is 6.05. The maximum atomic E-state index is 13.4. The van der Waals surface area contributed by atoms with Gasteiger partial charge in [-0.1, -0.05) is 54.4 Å². The highest BCUT2D eigenvalue weighted by atomic mass is 16.5. The number of rotatable bonds is 2. The Morgan fingerprint density at radius 2 is 1.77 bits per heavy atom. The fourth-order valence-electron chi connectivity index (χ4n) is 4.94. The minimum Gasteiger partial charge on any atom is -0.491 e. The van der Waals surface area contributed by atoms with E-state index in [9.17, 15) is 4.79 Å². The van der Waals surface area contributed by atoms with Crippen LogP contribution in [0.15, 0.2) is 48.5 Å². The molecule has 4 heteroatoms. The summed E-state index contributed by atoms with van der Waals surface area (Å²) < 4.78 is 6.07. The second-order valence-electron chi connectivity index (χ2n) is 9.54. The van der Waals surface area contributed by atoms with Crippen molar-refractivity contribution in [3.63, 3.8) is 0 Å². The molecule has 4 rings (SSSR count). The third kappa shape index (κ3) is 5.48. The van der Waals surface area contributed by atoms with Gasteiger partial charge < -0.3 is 10.1 Å². The van der Waals surface area contributed by atoms with Gasteiger partial charge >= 0.3 is 0 Å². The lowest BCUT2D eigenvalue weighted by Crippen LogP contribution is -2.51. The molecule has 2 heterocycles. The summed E-state index contributed by atoms with van der Waals surface area (Å²) in [5, 5.41) is 3.28. The summed E-state index contributed by atoms with van der Waals surface area (Å²) in [4.78, 5) is 15.9. The number of benzene rings is 2. The maximum absolute atomic E-state index is 13.4. The van der Waals surface area contributed by atoms with E-state index in [0.29, 0.717) is 6.61 Å². The highest BCUT2D eigenvalue weighted by molar-refractivity contribution is 5.83. The van der Waals surface area contributed by atoms with Gasteiger partial charge in [-0.15, -0.1) is 0 Å². The quantitative estimate of drug-likeness (QED) is 0.752. The van der Waals surface area contributed by atoms with Crippen molar-refractivity contribution in [1.82, 2.24) is 10.2 Å². The van der Waals surface area contributed by atoms with E-state index in [4.69, 9.17) is 4.74 Å². The van der Waals surface area contributed by atoms with Crippen molar-refractivity contribution in [1.29, 1.82) is 0 Å². The summed E-state index contributed by atoms with van der Waals surface area (Å²) in [6.45, 7) is 7.62. The van der Waals surface area contributed by atoms with Gasteiger partial charge in [0.15, 0.2) is 0 Å². The molecule has 0 aliphatic carbocycles. The molecule has 0 saturated carbocycles. The molecule has 166 valence electrons. The average Bonchev–Trinajstić information content (AvgIpc) is 2.78. The summed E-state index contributed by atoms with van der Waals surface area (Å²) in [5.74, 6) is 1.19. The van der Waals surface area contributed by atoms with Crippen LogP contribution >= 0.6 is 0 Å². The molecular weight excluding hydrogens is 384 g/mol. The summed E-state index contributed by atoms with van der Waals surface area (Å²) in [7, 11) is 0. The molecule has 1 saturated heterocycles. The van der Waals surface area contributed by atoms with Crippen LogP contribution in [0.4, 0.5) is 0 Å². The van der Waals surface area contributed by atoms with Gasteiger partial charge in [0.25, 0.3) is 0 Å². The van der Waals surface area contributed by atoms with E-state index < -0.39 is 0 Å². The van der Waals surface area contributed by atoms with Crippen LogP contribution in [0, 0.1) is 12.3 Å². The molecule has 1 amide bonds. The van der Waals surface area contributed by atoms with Crippen molar-refractivity contribution in [2.75, 3.05) is 19.7 Å². The Morgan fingerprint density at radius 1 is 1.03 bits per heavy atom. The van der Waals surface area contributed by atoms with E-state index in [1.807, 2.05) is 19.1 Å². The zero-order chi connectivity index (χ0) is 21.7. The van der Waals surface area contributed by atoms with Crippen LogP contribution in [0.25, 0.3) is 0 Å². The highest BCUT2D eigenvalue weighted by Gasteiger charge is 2.41. The van der Waals surface area contributed by atoms with E-state index in [1.54, 1.807) is 0 Å². The van der Waals surface area contributed by atoms with Crippen LogP contribution in [0.1, 0.15) is 55.7 Å². The third-order valence-corrected chi connectivity index (χ3v) is 7.01. The van der Waals surface area contributed by atoms with Crippen molar-refractivity contribution in [3.05, 3.63) is 65.2 Å². The van der Waals surface area contributed by atoms with Crippen molar-refractivity contribution < 1.29 is 9.53 Å². The lowest BCUT2D eigenvalue weighted by atomic mass is 9.73. The molecule has 2 aliphatic rings. The zero-order valence-electron chi connectivity index (χ0n) is 19.0. The molecule has 2 aromatic carbocycles. The lowest BCUT2D eigenvalue weighted by Gasteiger charge is -2.41. The fraction of sp³-hybridized carbons (Fsp3) is 0.519. The minimum atomic E-state index is -0.239. The molecule has 2 aliphatic heterocycles. The Bertz CT molecular complexity index is 869. The number of aryl methyl sites for hydroxylation is 2. The molecule has 4 nitrogen and oxygen atoms in total. The van der Waals surface area contributed by atoms with Crippen LogP contribution in [-0.4, -0.2) is 36.5 Å². The van der Waals surface area contributed by atoms with Gasteiger partial charge in [0.2, 0.25) is 5.91 Å². The molecule has 0 radical (unpaired) electrons. The zero-order valence-corrected chi connectivity index (χ0v) is 19.0. The number of para-hydroxylation sites is 1. The monoisotopic (exact) mass is 420 g/mol. The molecule has 1 fully saturated rings. The van der Waals surface area contributed by atoms with Crippen molar-refractivity contribution in [2.45, 2.75) is 65.0 Å². The lowest BCUT2D eigenvalue weighted by molar-refractivity contribution is -0.135. The Balaban J connectivity index is 1.41. The second-order valence-corrected chi connectivity index (χ2v) is 9.54. The maximum Gasteiger partial charge on any atom is 0.226 e. The Morgan fingerprint density at radius 3 is 2.55 bits per heavy atom. The molecule has 31 heavy (non-hydrogen) atoms. The second kappa shape index (κ2) is 9.86. The van der Waals surface area contributed by atoms with Gasteiger partial charge in [-0.25, -0.2) is 0 Å². The molecule has 0 aromatic heterocycles. The van der Waals surface area contributed by atoms with E-state index in [2.05, 4.69) is 53.5 Å². The molecule has 0 unspecified atom stereocenters. The van der Waals surface area contributed by atoms with Crippen LogP contribution in [0.3, 0.4) is 0 Å². The van der Waals surface area contributed by atoms with Crippen LogP contribution in [0.2, 0.25) is 0 Å². The van der Waals surface area contributed by atoms with E-state index in [-0.39, 0.29) is 17.4 Å². The normalized spacial score (nSPS) is 22.5. The first kappa shape index (κ1) is 21.9. The number of likely N-dealkylation sites (tertiary alicyclic amines) is 1. The number of carbonyl (C=O) groups excluding carboxylic acids is 1. The standard InChI is InChI=1S/C27H36N2O2/c1-21-10-12-23(13-11-21)19-29-17-15-27(16-18-29)14-6-5-8-24-7-3-4-9-25(24)31-20-22(2)28-26(27)30/h3-4,7,9-13,22H,5-6,8,14-20H2,1-2H3,(H,28,30)/t22-/m1/s1. The number of ether oxygens (including phenoxy) is 1. The summed E-state index contributed by atoms with van der Waals surface area (Å²) in [5.41, 5.74) is 3.70. The van der Waals surface area contributed by atoms with E-state index >= 15 is 0 Å². The van der Waals surface area contributed by atoms with Crippen LogP contribution < -0.4 is 10.1 Å². The number of nitrogens with zero attached hydrogens (tertiary/aromatic N) is 1. The number of nitrogens with one attached hydrogen (secondary N) is 1. The van der Waals surface area contributed by atoms with Crippen LogP contribution in [0.5, 0.6) is 5.75 Å². The molecule has 2 aromatic rings. The predicted molar refractivity (Wildman–Crippen MR) is 125 cm³/mol. The van der Waals surface area contributed by atoms with Gasteiger partial charge in [-0.3, -0.25) is 9.69 Å². The van der Waals surface area contributed by atoms with Gasteiger partial charge in [0, 0.05) is 6.54 Å². The summed E-state index contributed by atoms with van der Waals surface area (Å²) in [6, 6.07) is 17.1. The minimum absolute atomic E-state index is 0.00226. The molecule has 0 bridgehead atoms. The van der Waals surface area contributed by atoms with Gasteiger partial charge in [-0.2, -0.15) is 0 Å². The number of piperidine rings is 1. The number of amides is 1. The Labute approximate surface area is 187 Å². The first-order valence-electron chi connectivity index (χ1n) is 11.8. The topological polar surface area (TPSA) is 41.6 Å². The largest absolute Gasteiger partial charge is 0.491 e. The van der Waals surface area contributed by atoms with E-state index in [0.717, 1.165) is 63.9 Å². The first-order chi connectivity index (χ1) is 15.0. The number of hydrogen-bond acceptors (Lipinski definition) is 3. The molecular formula is C27H36N2O2. The molecule has 1 N–H and O–H groups in total. The molecule has 1 atom stereocenters. The van der Waals surface area contributed by atoms with Crippen molar-refractivity contribution in [3.8, 4) is 5.75 Å². The van der Waals surface area contributed by atoms with Crippen molar-refractivity contribution >= 4 is 5.91 Å². The Kier molecular flexibility index (Phi) is 6.96. The highest BCUT2D eigenvalue weighted by Crippen LogP contribution is 2.38. The fourth-order valence-corrected chi connectivity index (χ4v) is 4.94. The van der Waals surface area contributed by atoms with E-state index in [1.165, 1.54) is 16.7 Å². The van der Waals surface area contributed by atoms with Gasteiger partial charge in [-0.05, 0) is 76.2 Å². The number of hydrogen-bond donors (Lipinski definition) is 1. The van der Waals surface area contributed by atoms with Gasteiger partial charge in [0.05, 0.1) is 11.5 Å². The first-order valence-corrected chi connectivity index (χ1v) is 11.8. The SMILES string of the molecule is Cc1ccc(CN2CCC3(CCCCc4ccccc4OC[C@@H](C)NC3=O)CC2)cc1. The third-order valence-electron chi connectivity index (χ3n) is 7.01. The average molecular weight is 421 g/mol. The number of carbonyl (C=O) groups is 1. The predicted octanol–water partition coefficient (Wildman–Crippen LogP) is 4.89. The van der Waals surface area contributed by atoms with Crippen molar-refractivity contribution in [2.24, 2.45) is 5.41 Å². The van der Waals surface area contributed by atoms with Crippen LogP contribution in [-0.2, 0) is 17.8 Å². The van der Waals surface area contributed by atoms with Gasteiger partial charge in [0.1, 0.15) is 12.4 Å². The summed E-state index contributed by atoms with van der Waals surface area (Å²) >= 11 is 0. The molecule has 1 spiro atoms. The Hall–Kier alpha value is -2.33. The number of fused-ring (bicyclic) bond motifs is 1.